The molecule has 2 N–H and O–H groups in total. The van der Waals surface area contributed by atoms with Gasteiger partial charge < -0.3 is 19.9 Å². The number of thioether (sulfide) groups is 2. The van der Waals surface area contributed by atoms with E-state index in [0.717, 1.165) is 16.7 Å². The van der Waals surface area contributed by atoms with Crippen molar-refractivity contribution in [3.05, 3.63) is 57.0 Å². The van der Waals surface area contributed by atoms with Crippen LogP contribution >= 0.6 is 23.5 Å². The second kappa shape index (κ2) is 10.8. The number of hydrogen-bond donors (Lipinski definition) is 2. The minimum Gasteiger partial charge on any atom is -0.486 e. The summed E-state index contributed by atoms with van der Waals surface area (Å²) in [7, 11) is 0. The summed E-state index contributed by atoms with van der Waals surface area (Å²) in [6.45, 7) is 0.207. The van der Waals surface area contributed by atoms with Crippen molar-refractivity contribution in [2.45, 2.75) is 4.90 Å². The maximum Gasteiger partial charge on any atom is 0.294 e. The van der Waals surface area contributed by atoms with Crippen molar-refractivity contribution in [2.75, 3.05) is 37.4 Å². The summed E-state index contributed by atoms with van der Waals surface area (Å²) in [4.78, 5) is 49.7. The summed E-state index contributed by atoms with van der Waals surface area (Å²) >= 11 is 1.79. The van der Waals surface area contributed by atoms with Gasteiger partial charge in [0, 0.05) is 23.6 Å². The van der Waals surface area contributed by atoms with Crippen LogP contribution in [0.3, 0.4) is 0 Å². The van der Waals surface area contributed by atoms with Gasteiger partial charge in [0.05, 0.1) is 21.3 Å². The molecular formula is C22H19N3O8S2. The smallest absolute Gasteiger partial charge is 0.294 e. The Morgan fingerprint density at radius 1 is 1.20 bits per heavy atom. The molecule has 0 unspecified atom stereocenters. The van der Waals surface area contributed by atoms with Crippen LogP contribution in [0.5, 0.6) is 11.5 Å². The zero-order valence-electron chi connectivity index (χ0n) is 18.1. The van der Waals surface area contributed by atoms with Crippen LogP contribution in [-0.2, 0) is 9.59 Å². The first kappa shape index (κ1) is 24.6. The van der Waals surface area contributed by atoms with Gasteiger partial charge in [-0.15, -0.1) is 11.8 Å². The first-order valence-electron chi connectivity index (χ1n) is 10.3. The van der Waals surface area contributed by atoms with Gasteiger partial charge in [-0.05, 0) is 41.6 Å². The molecule has 2 heterocycles. The third-order valence-electron chi connectivity index (χ3n) is 4.83. The number of nitrogens with one attached hydrogen (secondary N) is 1. The van der Waals surface area contributed by atoms with Gasteiger partial charge in [-0.1, -0.05) is 6.07 Å². The number of aliphatic hydroxyl groups excluding tert-OH is 1. The van der Waals surface area contributed by atoms with Crippen LogP contribution in [0.25, 0.3) is 6.08 Å². The third kappa shape index (κ3) is 5.75. The topological polar surface area (TPSA) is 148 Å². The highest BCUT2D eigenvalue weighted by Crippen LogP contribution is 2.35. The number of aliphatic hydroxyl groups is 1. The van der Waals surface area contributed by atoms with Gasteiger partial charge in [0.2, 0.25) is 5.91 Å². The highest BCUT2D eigenvalue weighted by atomic mass is 32.2. The molecule has 35 heavy (non-hydrogen) atoms. The Bertz CT molecular complexity index is 1230. The second-order valence-corrected chi connectivity index (χ2v) is 9.36. The quantitative estimate of drug-likeness (QED) is 0.231. The lowest BCUT2D eigenvalue weighted by atomic mass is 10.2. The van der Waals surface area contributed by atoms with Crippen LogP contribution < -0.4 is 14.8 Å². The van der Waals surface area contributed by atoms with Crippen molar-refractivity contribution in [1.82, 2.24) is 4.90 Å². The predicted octanol–water partition coefficient (Wildman–Crippen LogP) is 3.13. The van der Waals surface area contributed by atoms with Gasteiger partial charge in [0.1, 0.15) is 19.8 Å². The van der Waals surface area contributed by atoms with Crippen LogP contribution in [0, 0.1) is 10.1 Å². The standard InChI is InChI=1S/C22H19N3O8S2/c26-5-8-34-18-4-1-13(9-15(18)25(30)31)10-19-21(28)24(22(29)35-19)12-20(27)23-14-2-3-16-17(11-14)33-7-6-32-16/h1-4,9-11,26H,5-8,12H2,(H,23,27). The number of imide groups is 1. The van der Waals surface area contributed by atoms with E-state index in [1.807, 2.05) is 0 Å². The molecule has 0 spiro atoms. The summed E-state index contributed by atoms with van der Waals surface area (Å²) < 4.78 is 10.9. The van der Waals surface area contributed by atoms with E-state index in [1.54, 1.807) is 24.3 Å². The normalized spacial score (nSPS) is 16.0. The molecule has 4 rings (SSSR count). The molecular weight excluding hydrogens is 498 g/mol. The maximum absolute atomic E-state index is 12.8. The Labute approximate surface area is 207 Å². The number of nitro groups is 1. The average molecular weight is 518 g/mol. The van der Waals surface area contributed by atoms with Crippen LogP contribution in [0.1, 0.15) is 5.56 Å². The number of benzene rings is 2. The first-order valence-corrected chi connectivity index (χ1v) is 12.1. The Balaban J connectivity index is 1.44. The van der Waals surface area contributed by atoms with Crippen LogP contribution in [-0.4, -0.2) is 64.1 Å². The number of amides is 3. The molecule has 0 aromatic heterocycles. The monoisotopic (exact) mass is 517 g/mol. The van der Waals surface area contributed by atoms with Crippen LogP contribution in [0.2, 0.25) is 0 Å². The Kier molecular flexibility index (Phi) is 7.58. The number of ether oxygens (including phenoxy) is 2. The fraction of sp³-hybridized carbons (Fsp3) is 0.227. The molecule has 0 aliphatic carbocycles. The molecule has 11 nitrogen and oxygen atoms in total. The van der Waals surface area contributed by atoms with E-state index in [0.29, 0.717) is 58.4 Å². The van der Waals surface area contributed by atoms with Crippen LogP contribution in [0.4, 0.5) is 16.2 Å². The molecule has 0 saturated carbocycles. The number of nitrogens with zero attached hydrogens (tertiary/aromatic N) is 2. The minimum absolute atomic E-state index is 0.0483. The lowest BCUT2D eigenvalue weighted by Gasteiger charge is -2.19. The zero-order chi connectivity index (χ0) is 24.9. The van der Waals surface area contributed by atoms with Gasteiger partial charge in [-0.2, -0.15) is 0 Å². The Morgan fingerprint density at radius 2 is 1.97 bits per heavy atom. The van der Waals surface area contributed by atoms with Gasteiger partial charge >= 0.3 is 0 Å². The number of fused-ring (bicyclic) bond motifs is 1. The van der Waals surface area contributed by atoms with Crippen molar-refractivity contribution in [1.29, 1.82) is 0 Å². The van der Waals surface area contributed by atoms with Gasteiger partial charge in [-0.25, -0.2) is 0 Å². The number of rotatable bonds is 8. The fourth-order valence-electron chi connectivity index (χ4n) is 3.30. The van der Waals surface area contributed by atoms with E-state index in [-0.39, 0.29) is 17.2 Å². The SMILES string of the molecule is O=C(CN1C(=O)SC(=Cc2ccc(SCCO)c([N+](=O)[O-])c2)C1=O)Nc1ccc2c(c1)OCCO2. The Hall–Kier alpha value is -3.55. The summed E-state index contributed by atoms with van der Waals surface area (Å²) in [5.74, 6) is 0.0985. The molecule has 0 bridgehead atoms. The number of carbonyl (C=O) groups is 3. The molecule has 1 fully saturated rings. The van der Waals surface area contributed by atoms with E-state index in [4.69, 9.17) is 14.6 Å². The van der Waals surface area contributed by atoms with E-state index < -0.39 is 28.5 Å². The van der Waals surface area contributed by atoms with E-state index in [1.165, 1.54) is 18.2 Å². The lowest BCUT2D eigenvalue weighted by molar-refractivity contribution is -0.387. The number of anilines is 1. The maximum atomic E-state index is 12.8. The van der Waals surface area contributed by atoms with Gasteiger partial charge in [0.15, 0.2) is 11.5 Å². The summed E-state index contributed by atoms with van der Waals surface area (Å²) in [5.41, 5.74) is 0.611. The van der Waals surface area contributed by atoms with Crippen molar-refractivity contribution in [3.8, 4) is 11.5 Å². The highest BCUT2D eigenvalue weighted by Gasteiger charge is 2.36. The molecule has 13 heteroatoms. The predicted molar refractivity (Wildman–Crippen MR) is 130 cm³/mol. The fourth-order valence-corrected chi connectivity index (χ4v) is 4.89. The molecule has 3 amide bonds. The zero-order valence-corrected chi connectivity index (χ0v) is 19.7. The Morgan fingerprint density at radius 3 is 2.71 bits per heavy atom. The molecule has 2 aliphatic heterocycles. The van der Waals surface area contributed by atoms with Crippen molar-refractivity contribution in [2.24, 2.45) is 0 Å². The first-order chi connectivity index (χ1) is 16.9. The molecule has 182 valence electrons. The number of carbonyl (C=O) groups excluding carboxylic acids is 3. The summed E-state index contributed by atoms with van der Waals surface area (Å²) in [6, 6.07) is 9.26. The van der Waals surface area contributed by atoms with E-state index in [9.17, 15) is 24.5 Å². The van der Waals surface area contributed by atoms with Crippen molar-refractivity contribution < 1.29 is 33.9 Å². The highest BCUT2D eigenvalue weighted by molar-refractivity contribution is 8.18. The largest absolute Gasteiger partial charge is 0.486 e. The van der Waals surface area contributed by atoms with Crippen molar-refractivity contribution in [3.63, 3.8) is 0 Å². The summed E-state index contributed by atoms with van der Waals surface area (Å²) in [5, 5.41) is 22.4. The van der Waals surface area contributed by atoms with Gasteiger partial charge in [0.25, 0.3) is 16.8 Å². The van der Waals surface area contributed by atoms with Crippen molar-refractivity contribution >= 4 is 58.0 Å². The molecule has 2 aromatic carbocycles. The van der Waals surface area contributed by atoms with Crippen LogP contribution in [0.15, 0.2) is 46.2 Å². The number of nitro benzene ring substituents is 1. The van der Waals surface area contributed by atoms with E-state index >= 15 is 0 Å². The second-order valence-electron chi connectivity index (χ2n) is 7.23. The molecule has 2 aromatic rings. The van der Waals surface area contributed by atoms with E-state index in [2.05, 4.69) is 5.32 Å². The average Bonchev–Trinajstić information content (AvgIpc) is 3.10. The summed E-state index contributed by atoms with van der Waals surface area (Å²) in [6.07, 6.45) is 1.37. The molecule has 2 aliphatic rings. The minimum atomic E-state index is -0.668. The van der Waals surface area contributed by atoms with Gasteiger partial charge in [-0.3, -0.25) is 29.4 Å². The molecule has 1 saturated heterocycles. The number of hydrogen-bond acceptors (Lipinski definition) is 10. The molecule has 0 radical (unpaired) electrons. The lowest BCUT2D eigenvalue weighted by Crippen LogP contribution is -2.36. The third-order valence-corrected chi connectivity index (χ3v) is 6.78. The molecule has 0 atom stereocenters.